The zero-order valence-electron chi connectivity index (χ0n) is 10.5. The van der Waals surface area contributed by atoms with Crippen molar-refractivity contribution in [3.63, 3.8) is 0 Å². The Morgan fingerprint density at radius 3 is 2.19 bits per heavy atom. The van der Waals surface area contributed by atoms with Crippen molar-refractivity contribution in [2.24, 2.45) is 0 Å². The largest absolute Gasteiger partial charge is 1.00 e. The summed E-state index contributed by atoms with van der Waals surface area (Å²) >= 11 is 0. The summed E-state index contributed by atoms with van der Waals surface area (Å²) in [6, 6.07) is 8.67. The fourth-order valence-electron chi connectivity index (χ4n) is 1.94. The molecule has 0 saturated carbocycles. The maximum atomic E-state index is 3.76. The van der Waals surface area contributed by atoms with Gasteiger partial charge in [-0.1, -0.05) is 43.8 Å². The topological polar surface area (TPSA) is 0 Å². The van der Waals surface area contributed by atoms with Gasteiger partial charge in [0, 0.05) is 5.56 Å². The van der Waals surface area contributed by atoms with E-state index in [4.69, 9.17) is 0 Å². The summed E-state index contributed by atoms with van der Waals surface area (Å²) in [5, 5.41) is 0. The Hall–Kier alpha value is -0.790. The summed E-state index contributed by atoms with van der Waals surface area (Å²) < 4.78 is 1.06. The lowest BCUT2D eigenvalue weighted by Crippen LogP contribution is -3.00. The van der Waals surface area contributed by atoms with Gasteiger partial charge in [-0.2, -0.15) is 0 Å². The first-order valence-corrected chi connectivity index (χ1v) is 5.61. The van der Waals surface area contributed by atoms with Gasteiger partial charge in [0.15, 0.2) is 0 Å². The molecule has 1 rings (SSSR count). The van der Waals surface area contributed by atoms with Crippen LogP contribution in [0.1, 0.15) is 24.5 Å². The van der Waals surface area contributed by atoms with Gasteiger partial charge >= 0.3 is 0 Å². The van der Waals surface area contributed by atoms with Crippen molar-refractivity contribution >= 4 is 6.08 Å². The Kier molecular flexibility index (Phi) is 6.39. The monoisotopic (exact) mass is 239 g/mol. The summed E-state index contributed by atoms with van der Waals surface area (Å²) in [4.78, 5) is 0. The van der Waals surface area contributed by atoms with E-state index in [1.807, 2.05) is 6.08 Å². The van der Waals surface area contributed by atoms with Crippen molar-refractivity contribution in [3.05, 3.63) is 42.0 Å². The van der Waals surface area contributed by atoms with Crippen LogP contribution in [0.15, 0.2) is 30.8 Å². The van der Waals surface area contributed by atoms with Crippen molar-refractivity contribution < 1.29 is 16.9 Å². The van der Waals surface area contributed by atoms with Crippen molar-refractivity contribution in [3.8, 4) is 0 Å². The summed E-state index contributed by atoms with van der Waals surface area (Å²) in [5.41, 5.74) is 2.60. The number of hydrogen-bond acceptors (Lipinski definition) is 0. The molecule has 1 aromatic rings. The van der Waals surface area contributed by atoms with Gasteiger partial charge in [0.2, 0.25) is 0 Å². The highest BCUT2D eigenvalue weighted by molar-refractivity contribution is 5.47. The number of nitrogens with zero attached hydrogens (tertiary/aromatic N) is 1. The molecule has 16 heavy (non-hydrogen) atoms. The van der Waals surface area contributed by atoms with E-state index in [2.05, 4.69) is 51.9 Å². The van der Waals surface area contributed by atoms with E-state index in [9.17, 15) is 0 Å². The minimum Gasteiger partial charge on any atom is -1.00 e. The molecule has 0 heterocycles. The second-order valence-corrected chi connectivity index (χ2v) is 4.76. The lowest BCUT2D eigenvalue weighted by atomic mass is 10.1. The first kappa shape index (κ1) is 15.2. The van der Waals surface area contributed by atoms with Crippen LogP contribution in [-0.4, -0.2) is 25.1 Å². The van der Waals surface area contributed by atoms with E-state index < -0.39 is 0 Å². The first-order valence-electron chi connectivity index (χ1n) is 5.61. The maximum absolute atomic E-state index is 3.76. The highest BCUT2D eigenvalue weighted by atomic mass is 35.5. The third-order valence-corrected chi connectivity index (χ3v) is 2.65. The highest BCUT2D eigenvalue weighted by Crippen LogP contribution is 2.11. The molecule has 0 radical (unpaired) electrons. The number of quaternary nitrogens is 1. The third-order valence-electron chi connectivity index (χ3n) is 2.65. The van der Waals surface area contributed by atoms with Crippen LogP contribution in [0.3, 0.4) is 0 Å². The Morgan fingerprint density at radius 2 is 1.75 bits per heavy atom. The zero-order valence-corrected chi connectivity index (χ0v) is 11.3. The van der Waals surface area contributed by atoms with Gasteiger partial charge in [0.1, 0.15) is 6.54 Å². The van der Waals surface area contributed by atoms with Crippen LogP contribution in [0.25, 0.3) is 6.08 Å². The van der Waals surface area contributed by atoms with Crippen molar-refractivity contribution in [1.82, 2.24) is 0 Å². The Bertz CT molecular complexity index is 314. The second-order valence-electron chi connectivity index (χ2n) is 4.76. The normalized spacial score (nSPS) is 10.7. The van der Waals surface area contributed by atoms with E-state index in [-0.39, 0.29) is 12.4 Å². The molecule has 1 nitrogen and oxygen atoms in total. The minimum atomic E-state index is 0. The van der Waals surface area contributed by atoms with Crippen LogP contribution in [0, 0.1) is 0 Å². The van der Waals surface area contributed by atoms with Gasteiger partial charge in [-0.15, -0.1) is 0 Å². The summed E-state index contributed by atoms with van der Waals surface area (Å²) in [7, 11) is 4.57. The van der Waals surface area contributed by atoms with Crippen LogP contribution >= 0.6 is 0 Å². The Morgan fingerprint density at radius 1 is 1.19 bits per heavy atom. The molecule has 0 aliphatic rings. The van der Waals surface area contributed by atoms with Crippen LogP contribution in [0.2, 0.25) is 0 Å². The lowest BCUT2D eigenvalue weighted by Gasteiger charge is -2.29. The summed E-state index contributed by atoms with van der Waals surface area (Å²) in [5.74, 6) is 0. The SMILES string of the molecule is C=Cc1ccc(C[N+](C)(C)CCC)cc1.[Cl-]. The average molecular weight is 240 g/mol. The van der Waals surface area contributed by atoms with Gasteiger partial charge in [-0.3, -0.25) is 0 Å². The van der Waals surface area contributed by atoms with E-state index >= 15 is 0 Å². The molecule has 0 bridgehead atoms. The Balaban J connectivity index is 0.00000225. The number of rotatable bonds is 5. The molecule has 0 unspecified atom stereocenters. The van der Waals surface area contributed by atoms with Crippen molar-refractivity contribution in [2.45, 2.75) is 19.9 Å². The first-order chi connectivity index (χ1) is 7.07. The van der Waals surface area contributed by atoms with Crippen LogP contribution in [-0.2, 0) is 6.54 Å². The summed E-state index contributed by atoms with van der Waals surface area (Å²) in [6.07, 6.45) is 3.12. The standard InChI is InChI=1S/C14H22N.ClH/c1-5-11-15(3,4)12-14-9-7-13(6-2)8-10-14;/h6-10H,2,5,11-12H2,1,3-4H3;1H/q+1;/p-1. The molecule has 1 aromatic carbocycles. The van der Waals surface area contributed by atoms with Crippen LogP contribution in [0.4, 0.5) is 0 Å². The molecule has 0 N–H and O–H groups in total. The smallest absolute Gasteiger partial charge is 0.104 e. The molecule has 0 amide bonds. The molecule has 90 valence electrons. The van der Waals surface area contributed by atoms with E-state index in [1.165, 1.54) is 24.1 Å². The highest BCUT2D eigenvalue weighted by Gasteiger charge is 2.13. The van der Waals surface area contributed by atoms with Gasteiger partial charge in [-0.05, 0) is 12.0 Å². The van der Waals surface area contributed by atoms with E-state index in [0.717, 1.165) is 11.0 Å². The predicted molar refractivity (Wildman–Crippen MR) is 67.5 cm³/mol. The quantitative estimate of drug-likeness (QED) is 0.650. The van der Waals surface area contributed by atoms with Crippen LogP contribution < -0.4 is 12.4 Å². The zero-order chi connectivity index (χ0) is 11.3. The molecular weight excluding hydrogens is 218 g/mol. The molecule has 0 atom stereocenters. The molecule has 0 fully saturated rings. The number of hydrogen-bond donors (Lipinski definition) is 0. The number of halogens is 1. The lowest BCUT2D eigenvalue weighted by molar-refractivity contribution is -0.903. The van der Waals surface area contributed by atoms with Crippen molar-refractivity contribution in [2.75, 3.05) is 20.6 Å². The fraction of sp³-hybridized carbons (Fsp3) is 0.429. The molecule has 0 aromatic heterocycles. The van der Waals surface area contributed by atoms with E-state index in [0.29, 0.717) is 0 Å². The molecule has 0 spiro atoms. The van der Waals surface area contributed by atoms with Gasteiger partial charge in [0.25, 0.3) is 0 Å². The molecule has 0 saturated heterocycles. The van der Waals surface area contributed by atoms with Gasteiger partial charge in [0.05, 0.1) is 20.6 Å². The maximum Gasteiger partial charge on any atom is 0.104 e. The minimum absolute atomic E-state index is 0. The molecular formula is C14H22ClN. The van der Waals surface area contributed by atoms with Crippen molar-refractivity contribution in [1.29, 1.82) is 0 Å². The summed E-state index contributed by atoms with van der Waals surface area (Å²) in [6.45, 7) is 8.33. The Labute approximate surface area is 106 Å². The van der Waals surface area contributed by atoms with Gasteiger partial charge < -0.3 is 16.9 Å². The second kappa shape index (κ2) is 6.72. The third kappa shape index (κ3) is 4.82. The predicted octanol–water partition coefficient (Wildman–Crippen LogP) is 0.320. The van der Waals surface area contributed by atoms with E-state index in [1.54, 1.807) is 0 Å². The number of benzene rings is 1. The molecule has 0 aliphatic carbocycles. The molecule has 2 heteroatoms. The fourth-order valence-corrected chi connectivity index (χ4v) is 1.94. The average Bonchev–Trinajstić information content (AvgIpc) is 2.18. The molecule has 0 aliphatic heterocycles. The van der Waals surface area contributed by atoms with Gasteiger partial charge in [-0.25, -0.2) is 0 Å². The van der Waals surface area contributed by atoms with Crippen LogP contribution in [0.5, 0.6) is 0 Å².